The first-order valence-corrected chi connectivity index (χ1v) is 6.10. The van der Waals surface area contributed by atoms with Crippen LogP contribution in [-0.4, -0.2) is 0 Å². The van der Waals surface area contributed by atoms with E-state index in [1.165, 1.54) is 51.4 Å². The molecule has 78 valence electrons. The first-order chi connectivity index (χ1) is 6.10. The molecular weight excluding hydrogens is 156 g/mol. The summed E-state index contributed by atoms with van der Waals surface area (Å²) in [5.74, 6) is 0.952. The van der Waals surface area contributed by atoms with Crippen LogP contribution in [0.25, 0.3) is 0 Å². The van der Waals surface area contributed by atoms with E-state index in [2.05, 4.69) is 20.8 Å². The summed E-state index contributed by atoms with van der Waals surface area (Å²) in [6, 6.07) is 0. The summed E-state index contributed by atoms with van der Waals surface area (Å²) >= 11 is 0. The highest BCUT2D eigenvalue weighted by molar-refractivity contribution is 4.73. The zero-order valence-electron chi connectivity index (χ0n) is 9.73. The minimum Gasteiger partial charge on any atom is -0.0625 e. The molecule has 0 bridgehead atoms. The van der Waals surface area contributed by atoms with Gasteiger partial charge in [0.1, 0.15) is 0 Å². The lowest BCUT2D eigenvalue weighted by atomic mass is 9.77. The van der Waals surface area contributed by atoms with Crippen LogP contribution in [0.4, 0.5) is 0 Å². The van der Waals surface area contributed by atoms with Crippen molar-refractivity contribution in [1.29, 1.82) is 0 Å². The van der Waals surface area contributed by atoms with Crippen LogP contribution >= 0.6 is 0 Å². The topological polar surface area (TPSA) is 0 Å². The van der Waals surface area contributed by atoms with Crippen LogP contribution in [0.2, 0.25) is 0 Å². The second-order valence-corrected chi connectivity index (χ2v) is 5.78. The molecule has 0 aliphatic heterocycles. The van der Waals surface area contributed by atoms with Crippen LogP contribution < -0.4 is 0 Å². The standard InChI is InChI=1S/C13H26/c1-12-9-7-5-4-6-8-10-13(2,3)11-12/h12H,4-11H2,1-3H3. The van der Waals surface area contributed by atoms with Gasteiger partial charge in [-0.15, -0.1) is 0 Å². The largest absolute Gasteiger partial charge is 0.0625 e. The average molecular weight is 182 g/mol. The Morgan fingerprint density at radius 1 is 0.923 bits per heavy atom. The third-order valence-electron chi connectivity index (χ3n) is 3.45. The van der Waals surface area contributed by atoms with Crippen molar-refractivity contribution in [2.75, 3.05) is 0 Å². The molecule has 1 aliphatic rings. The van der Waals surface area contributed by atoms with Crippen molar-refractivity contribution in [3.05, 3.63) is 0 Å². The minimum absolute atomic E-state index is 0.608. The highest BCUT2D eigenvalue weighted by Crippen LogP contribution is 2.34. The molecule has 0 saturated heterocycles. The van der Waals surface area contributed by atoms with E-state index in [-0.39, 0.29) is 0 Å². The summed E-state index contributed by atoms with van der Waals surface area (Å²) < 4.78 is 0. The third kappa shape index (κ3) is 4.69. The van der Waals surface area contributed by atoms with E-state index >= 15 is 0 Å². The van der Waals surface area contributed by atoms with Gasteiger partial charge in [-0.2, -0.15) is 0 Å². The molecule has 0 aromatic carbocycles. The maximum atomic E-state index is 2.45. The van der Waals surface area contributed by atoms with Gasteiger partial charge in [-0.3, -0.25) is 0 Å². The first-order valence-electron chi connectivity index (χ1n) is 6.10. The van der Waals surface area contributed by atoms with Crippen LogP contribution in [0.15, 0.2) is 0 Å². The fraction of sp³-hybridized carbons (Fsp3) is 1.00. The number of hydrogen-bond acceptors (Lipinski definition) is 0. The van der Waals surface area contributed by atoms with Gasteiger partial charge in [-0.25, -0.2) is 0 Å². The Morgan fingerprint density at radius 2 is 1.54 bits per heavy atom. The molecule has 1 aliphatic carbocycles. The smallest absolute Gasteiger partial charge is 0.0352 e. The lowest BCUT2D eigenvalue weighted by Crippen LogP contribution is -2.16. The normalized spacial score (nSPS) is 31.2. The van der Waals surface area contributed by atoms with Gasteiger partial charge < -0.3 is 0 Å². The Hall–Kier alpha value is 0. The van der Waals surface area contributed by atoms with E-state index < -0.39 is 0 Å². The predicted molar refractivity (Wildman–Crippen MR) is 59.9 cm³/mol. The summed E-state index contributed by atoms with van der Waals surface area (Å²) in [4.78, 5) is 0. The molecule has 1 atom stereocenters. The maximum absolute atomic E-state index is 2.45. The van der Waals surface area contributed by atoms with E-state index in [1.807, 2.05) is 0 Å². The van der Waals surface area contributed by atoms with Gasteiger partial charge in [-0.05, 0) is 24.2 Å². The van der Waals surface area contributed by atoms with Gasteiger partial charge in [0.2, 0.25) is 0 Å². The van der Waals surface area contributed by atoms with Crippen LogP contribution in [0, 0.1) is 11.3 Å². The second kappa shape index (κ2) is 5.02. The highest BCUT2D eigenvalue weighted by atomic mass is 14.3. The van der Waals surface area contributed by atoms with Crippen molar-refractivity contribution in [2.24, 2.45) is 11.3 Å². The molecule has 0 aromatic rings. The fourth-order valence-electron chi connectivity index (χ4n) is 2.77. The van der Waals surface area contributed by atoms with Gasteiger partial charge in [-0.1, -0.05) is 59.3 Å². The predicted octanol–water partition coefficient (Wildman–Crippen LogP) is 4.78. The molecule has 13 heavy (non-hydrogen) atoms. The quantitative estimate of drug-likeness (QED) is 0.505. The Kier molecular flexibility index (Phi) is 4.28. The summed E-state index contributed by atoms with van der Waals surface area (Å²) in [5.41, 5.74) is 0.608. The van der Waals surface area contributed by atoms with Gasteiger partial charge in [0.15, 0.2) is 0 Å². The average Bonchev–Trinajstić information content (AvgIpc) is 2.01. The molecule has 1 fully saturated rings. The van der Waals surface area contributed by atoms with Crippen LogP contribution in [0.1, 0.15) is 72.1 Å². The lowest BCUT2D eigenvalue weighted by Gasteiger charge is -2.29. The molecule has 0 heteroatoms. The summed E-state index contributed by atoms with van der Waals surface area (Å²) in [7, 11) is 0. The molecule has 0 aromatic heterocycles. The van der Waals surface area contributed by atoms with Crippen LogP contribution in [0.5, 0.6) is 0 Å². The van der Waals surface area contributed by atoms with E-state index in [0.717, 1.165) is 5.92 Å². The van der Waals surface area contributed by atoms with Gasteiger partial charge in [0.05, 0.1) is 0 Å². The van der Waals surface area contributed by atoms with Crippen molar-refractivity contribution in [3.63, 3.8) is 0 Å². The molecular formula is C13H26. The van der Waals surface area contributed by atoms with Gasteiger partial charge in [0, 0.05) is 0 Å². The van der Waals surface area contributed by atoms with Crippen LogP contribution in [0.3, 0.4) is 0 Å². The third-order valence-corrected chi connectivity index (χ3v) is 3.45. The van der Waals surface area contributed by atoms with E-state index in [1.54, 1.807) is 0 Å². The molecule has 0 amide bonds. The summed E-state index contributed by atoms with van der Waals surface area (Å²) in [6.45, 7) is 7.33. The Labute approximate surface area is 84.1 Å². The second-order valence-electron chi connectivity index (χ2n) is 5.78. The number of hydrogen-bond donors (Lipinski definition) is 0. The molecule has 0 spiro atoms. The molecule has 0 N–H and O–H groups in total. The van der Waals surface area contributed by atoms with Gasteiger partial charge in [0.25, 0.3) is 0 Å². The van der Waals surface area contributed by atoms with Crippen molar-refractivity contribution in [2.45, 2.75) is 72.1 Å². The summed E-state index contributed by atoms with van der Waals surface area (Å²) in [6.07, 6.45) is 11.7. The van der Waals surface area contributed by atoms with E-state index in [0.29, 0.717) is 5.41 Å². The van der Waals surface area contributed by atoms with E-state index in [9.17, 15) is 0 Å². The Bertz CT molecular complexity index is 135. The SMILES string of the molecule is CC1CCCCCCCC(C)(C)C1. The van der Waals surface area contributed by atoms with E-state index in [4.69, 9.17) is 0 Å². The Morgan fingerprint density at radius 3 is 2.31 bits per heavy atom. The lowest BCUT2D eigenvalue weighted by molar-refractivity contribution is 0.231. The first kappa shape index (κ1) is 11.1. The maximum Gasteiger partial charge on any atom is -0.0352 e. The molecule has 0 radical (unpaired) electrons. The highest BCUT2D eigenvalue weighted by Gasteiger charge is 2.21. The minimum atomic E-state index is 0.608. The zero-order chi connectivity index (χ0) is 9.73. The van der Waals surface area contributed by atoms with Crippen molar-refractivity contribution in [1.82, 2.24) is 0 Å². The zero-order valence-corrected chi connectivity index (χ0v) is 9.73. The fourth-order valence-corrected chi connectivity index (χ4v) is 2.77. The summed E-state index contributed by atoms with van der Waals surface area (Å²) in [5, 5.41) is 0. The monoisotopic (exact) mass is 182 g/mol. The molecule has 1 rings (SSSR count). The molecule has 0 heterocycles. The molecule has 1 saturated carbocycles. The number of rotatable bonds is 0. The van der Waals surface area contributed by atoms with Crippen molar-refractivity contribution < 1.29 is 0 Å². The molecule has 1 unspecified atom stereocenters. The van der Waals surface area contributed by atoms with Crippen molar-refractivity contribution >= 4 is 0 Å². The Balaban J connectivity index is 2.40. The van der Waals surface area contributed by atoms with Crippen molar-refractivity contribution in [3.8, 4) is 0 Å². The van der Waals surface area contributed by atoms with Gasteiger partial charge >= 0.3 is 0 Å². The van der Waals surface area contributed by atoms with Crippen LogP contribution in [-0.2, 0) is 0 Å². The molecule has 0 nitrogen and oxygen atoms in total.